The van der Waals surface area contributed by atoms with E-state index in [1.165, 1.54) is 21.6 Å². The first-order valence-corrected chi connectivity index (χ1v) is 8.60. The van der Waals surface area contributed by atoms with E-state index in [9.17, 15) is 0 Å². The van der Waals surface area contributed by atoms with Crippen LogP contribution in [0.25, 0.3) is 21.0 Å². The van der Waals surface area contributed by atoms with E-state index in [0.717, 1.165) is 11.9 Å². The van der Waals surface area contributed by atoms with E-state index in [1.54, 1.807) is 11.3 Å². The molecular weight excluding hydrogens is 318 g/mol. The summed E-state index contributed by atoms with van der Waals surface area (Å²) in [6.45, 7) is 5.51. The second-order valence-corrected chi connectivity index (χ2v) is 6.72. The fourth-order valence-corrected chi connectivity index (χ4v) is 3.08. The molecule has 0 amide bonds. The summed E-state index contributed by atoms with van der Waals surface area (Å²) < 4.78 is 0. The van der Waals surface area contributed by atoms with Crippen molar-refractivity contribution in [2.24, 2.45) is 0 Å². The van der Waals surface area contributed by atoms with E-state index in [4.69, 9.17) is 9.90 Å². The Kier molecular flexibility index (Phi) is 6.27. The summed E-state index contributed by atoms with van der Waals surface area (Å²) in [7, 11) is 0. The van der Waals surface area contributed by atoms with Crippen LogP contribution in [0.4, 0.5) is 0 Å². The molecule has 0 aliphatic carbocycles. The lowest BCUT2D eigenvalue weighted by Crippen LogP contribution is -1.86. The predicted molar refractivity (Wildman–Crippen MR) is 100 cm³/mol. The minimum absolute atomic E-state index is 0.570. The van der Waals surface area contributed by atoms with Gasteiger partial charge in [-0.25, -0.2) is 4.98 Å². The Bertz CT molecular complexity index is 773. The van der Waals surface area contributed by atoms with E-state index in [1.807, 2.05) is 12.3 Å². The number of aromatic nitrogens is 1. The van der Waals surface area contributed by atoms with Crippen LogP contribution in [0.5, 0.6) is 0 Å². The maximum atomic E-state index is 9.00. The number of carboxylic acid groups (broad SMARTS) is 1. The molecule has 1 N–H and O–H groups in total. The number of rotatable bonds is 3. The standard InChI is InChI=1S/C18H17NS.C2H4O2/c1-13(2)14-8-10-16(11-9-14)18-19-12-17(20-18)15-6-4-3-5-7-15;1-2(3)4/h3-13H,1-2H3;1H3,(H,3,4). The molecule has 124 valence electrons. The monoisotopic (exact) mass is 339 g/mol. The molecule has 3 nitrogen and oxygen atoms in total. The zero-order valence-electron chi connectivity index (χ0n) is 14.1. The maximum absolute atomic E-state index is 9.00. The van der Waals surface area contributed by atoms with Gasteiger partial charge in [-0.05, 0) is 17.0 Å². The minimum atomic E-state index is -0.833. The Hall–Kier alpha value is -2.46. The van der Waals surface area contributed by atoms with Crippen LogP contribution < -0.4 is 0 Å². The fourth-order valence-electron chi connectivity index (χ4n) is 2.15. The van der Waals surface area contributed by atoms with E-state index in [0.29, 0.717) is 5.92 Å². The third-order valence-electron chi connectivity index (χ3n) is 3.39. The van der Waals surface area contributed by atoms with E-state index in [-0.39, 0.29) is 0 Å². The molecule has 3 rings (SSSR count). The van der Waals surface area contributed by atoms with Crippen molar-refractivity contribution in [3.8, 4) is 21.0 Å². The van der Waals surface area contributed by atoms with Crippen LogP contribution in [0.2, 0.25) is 0 Å². The largest absolute Gasteiger partial charge is 0.481 e. The van der Waals surface area contributed by atoms with E-state index >= 15 is 0 Å². The van der Waals surface area contributed by atoms with Crippen molar-refractivity contribution in [1.29, 1.82) is 0 Å². The lowest BCUT2D eigenvalue weighted by Gasteiger charge is -2.05. The molecular formula is C20H21NO2S. The molecule has 1 aromatic heterocycles. The third kappa shape index (κ3) is 5.03. The molecule has 3 aromatic rings. The van der Waals surface area contributed by atoms with Crippen molar-refractivity contribution in [2.45, 2.75) is 26.7 Å². The molecule has 0 bridgehead atoms. The van der Waals surface area contributed by atoms with Gasteiger partial charge in [0.1, 0.15) is 5.01 Å². The molecule has 0 atom stereocenters. The number of thiazole rings is 1. The van der Waals surface area contributed by atoms with Crippen LogP contribution in [-0.4, -0.2) is 16.1 Å². The zero-order chi connectivity index (χ0) is 17.5. The van der Waals surface area contributed by atoms with Crippen LogP contribution in [0, 0.1) is 0 Å². The van der Waals surface area contributed by atoms with E-state index < -0.39 is 5.97 Å². The molecule has 0 saturated heterocycles. The first-order chi connectivity index (χ1) is 11.5. The number of hydrogen-bond donors (Lipinski definition) is 1. The maximum Gasteiger partial charge on any atom is 0.300 e. The number of aliphatic carboxylic acids is 1. The van der Waals surface area contributed by atoms with Crippen molar-refractivity contribution in [1.82, 2.24) is 4.98 Å². The van der Waals surface area contributed by atoms with Crippen molar-refractivity contribution in [2.75, 3.05) is 0 Å². The van der Waals surface area contributed by atoms with Gasteiger partial charge in [0.05, 0.1) is 4.88 Å². The van der Waals surface area contributed by atoms with Crippen molar-refractivity contribution >= 4 is 17.3 Å². The summed E-state index contributed by atoms with van der Waals surface area (Å²) in [6, 6.07) is 19.1. The highest BCUT2D eigenvalue weighted by Gasteiger charge is 2.07. The molecule has 4 heteroatoms. The van der Waals surface area contributed by atoms with Gasteiger partial charge in [-0.15, -0.1) is 11.3 Å². The van der Waals surface area contributed by atoms with Gasteiger partial charge in [0.15, 0.2) is 0 Å². The van der Waals surface area contributed by atoms with Crippen molar-refractivity contribution < 1.29 is 9.90 Å². The summed E-state index contributed by atoms with van der Waals surface area (Å²) in [6.07, 6.45) is 1.96. The molecule has 0 aliphatic rings. The molecule has 2 aromatic carbocycles. The summed E-state index contributed by atoms with van der Waals surface area (Å²) >= 11 is 1.74. The molecule has 0 fully saturated rings. The molecule has 24 heavy (non-hydrogen) atoms. The average Bonchev–Trinajstić information content (AvgIpc) is 3.05. The summed E-state index contributed by atoms with van der Waals surface area (Å²) in [5.41, 5.74) is 3.80. The first kappa shape index (κ1) is 17.9. The SMILES string of the molecule is CC(=O)O.CC(C)c1ccc(-c2ncc(-c3ccccc3)s2)cc1. The van der Waals surface area contributed by atoms with Gasteiger partial charge >= 0.3 is 0 Å². The van der Waals surface area contributed by atoms with Gasteiger partial charge in [-0.3, -0.25) is 4.79 Å². The highest BCUT2D eigenvalue weighted by molar-refractivity contribution is 7.18. The second kappa shape index (κ2) is 8.41. The average molecular weight is 339 g/mol. The quantitative estimate of drug-likeness (QED) is 0.666. The highest BCUT2D eigenvalue weighted by Crippen LogP contribution is 2.32. The zero-order valence-corrected chi connectivity index (χ0v) is 14.9. The van der Waals surface area contributed by atoms with Gasteiger partial charge in [0.25, 0.3) is 5.97 Å². The molecule has 0 unspecified atom stereocenters. The van der Waals surface area contributed by atoms with Gasteiger partial charge in [0.2, 0.25) is 0 Å². The molecule has 0 saturated carbocycles. The van der Waals surface area contributed by atoms with Crippen LogP contribution in [0.15, 0.2) is 60.8 Å². The van der Waals surface area contributed by atoms with E-state index in [2.05, 4.69) is 67.4 Å². The molecule has 1 heterocycles. The lowest BCUT2D eigenvalue weighted by molar-refractivity contribution is -0.134. The Morgan fingerprint density at radius 3 is 2.12 bits per heavy atom. The van der Waals surface area contributed by atoms with Gasteiger partial charge in [0, 0.05) is 18.7 Å². The smallest absolute Gasteiger partial charge is 0.300 e. The number of hydrogen-bond acceptors (Lipinski definition) is 3. The van der Waals surface area contributed by atoms with Gasteiger partial charge in [-0.2, -0.15) is 0 Å². The molecule has 0 spiro atoms. The Labute approximate surface area is 146 Å². The van der Waals surface area contributed by atoms with Crippen molar-refractivity contribution in [3.63, 3.8) is 0 Å². The molecule has 0 aliphatic heterocycles. The Balaban J connectivity index is 0.000000471. The van der Waals surface area contributed by atoms with Crippen LogP contribution in [0.3, 0.4) is 0 Å². The number of benzene rings is 2. The van der Waals surface area contributed by atoms with Gasteiger partial charge in [-0.1, -0.05) is 68.4 Å². The second-order valence-electron chi connectivity index (χ2n) is 5.69. The fraction of sp³-hybridized carbons (Fsp3) is 0.200. The molecule has 0 radical (unpaired) electrons. The Morgan fingerprint density at radius 2 is 1.58 bits per heavy atom. The highest BCUT2D eigenvalue weighted by atomic mass is 32.1. The summed E-state index contributed by atoms with van der Waals surface area (Å²) in [4.78, 5) is 14.8. The Morgan fingerprint density at radius 1 is 1.00 bits per heavy atom. The number of carbonyl (C=O) groups is 1. The third-order valence-corrected chi connectivity index (χ3v) is 4.48. The van der Waals surface area contributed by atoms with Crippen LogP contribution in [0.1, 0.15) is 32.3 Å². The first-order valence-electron chi connectivity index (χ1n) is 7.78. The normalized spacial score (nSPS) is 10.2. The number of carboxylic acids is 1. The van der Waals surface area contributed by atoms with Gasteiger partial charge < -0.3 is 5.11 Å². The van der Waals surface area contributed by atoms with Crippen LogP contribution in [-0.2, 0) is 4.79 Å². The predicted octanol–water partition coefficient (Wildman–Crippen LogP) is 5.69. The minimum Gasteiger partial charge on any atom is -0.481 e. The topological polar surface area (TPSA) is 50.2 Å². The summed E-state index contributed by atoms with van der Waals surface area (Å²) in [5.74, 6) is -0.264. The number of nitrogens with zero attached hydrogens (tertiary/aromatic N) is 1. The van der Waals surface area contributed by atoms with Crippen molar-refractivity contribution in [3.05, 3.63) is 66.4 Å². The lowest BCUT2D eigenvalue weighted by atomic mass is 10.0. The summed E-state index contributed by atoms with van der Waals surface area (Å²) in [5, 5.41) is 8.50. The van der Waals surface area contributed by atoms with Crippen LogP contribution >= 0.6 is 11.3 Å².